The van der Waals surface area contributed by atoms with E-state index in [1.807, 2.05) is 0 Å². The van der Waals surface area contributed by atoms with Crippen molar-refractivity contribution in [2.24, 2.45) is 0 Å². The van der Waals surface area contributed by atoms with E-state index in [4.69, 9.17) is 0 Å². The molecule has 5 fully saturated rings. The first-order chi connectivity index (χ1) is 11.1. The molecule has 0 N–H and O–H groups in total. The van der Waals surface area contributed by atoms with Gasteiger partial charge in [-0.1, -0.05) is 0 Å². The third-order valence-electron chi connectivity index (χ3n) is 7.14. The molecule has 0 aromatic carbocycles. The number of rotatable bonds is 4. The zero-order valence-corrected chi connectivity index (χ0v) is 15.5. The SMILES string of the molecule is CC(C)N1CC(CC(C)N2CCN3CCC2CC3)N2CCC1C2. The Bertz CT molecular complexity index is 404. The topological polar surface area (TPSA) is 13.0 Å². The first kappa shape index (κ1) is 16.3. The molecule has 0 saturated carbocycles. The minimum Gasteiger partial charge on any atom is -0.302 e. The van der Waals surface area contributed by atoms with Gasteiger partial charge in [-0.3, -0.25) is 14.7 Å². The largest absolute Gasteiger partial charge is 0.302 e. The van der Waals surface area contributed by atoms with Gasteiger partial charge in [-0.25, -0.2) is 0 Å². The van der Waals surface area contributed by atoms with Crippen molar-refractivity contribution in [3.8, 4) is 0 Å². The molecule has 0 aliphatic carbocycles. The van der Waals surface area contributed by atoms with Gasteiger partial charge in [-0.2, -0.15) is 0 Å². The number of hydrogen-bond donors (Lipinski definition) is 0. The van der Waals surface area contributed by atoms with Crippen LogP contribution in [0.5, 0.6) is 0 Å². The lowest BCUT2D eigenvalue weighted by molar-refractivity contribution is 0.0380. The van der Waals surface area contributed by atoms with Crippen LogP contribution in [0.2, 0.25) is 0 Å². The van der Waals surface area contributed by atoms with E-state index in [2.05, 4.69) is 40.4 Å². The fourth-order valence-electron chi connectivity index (χ4n) is 5.76. The average Bonchev–Trinajstić information content (AvgIpc) is 2.72. The van der Waals surface area contributed by atoms with Gasteiger partial charge in [-0.05, 0) is 59.5 Å². The molecule has 5 aliphatic rings. The highest BCUT2D eigenvalue weighted by atomic mass is 15.4. The van der Waals surface area contributed by atoms with Crippen molar-refractivity contribution in [1.82, 2.24) is 19.6 Å². The molecular formula is C19H36N4. The van der Waals surface area contributed by atoms with E-state index < -0.39 is 0 Å². The van der Waals surface area contributed by atoms with Crippen molar-refractivity contribution in [3.63, 3.8) is 0 Å². The maximum Gasteiger partial charge on any atom is 0.0238 e. The third kappa shape index (κ3) is 3.20. The molecule has 5 saturated heterocycles. The maximum absolute atomic E-state index is 2.87. The van der Waals surface area contributed by atoms with Crippen LogP contribution in [0.3, 0.4) is 0 Å². The predicted octanol–water partition coefficient (Wildman–Crippen LogP) is 1.71. The first-order valence-corrected chi connectivity index (χ1v) is 10.1. The second kappa shape index (κ2) is 6.62. The van der Waals surface area contributed by atoms with Gasteiger partial charge in [0.15, 0.2) is 0 Å². The summed E-state index contributed by atoms with van der Waals surface area (Å²) in [6.45, 7) is 16.5. The van der Waals surface area contributed by atoms with E-state index in [1.165, 1.54) is 71.5 Å². The maximum atomic E-state index is 2.87. The highest BCUT2D eigenvalue weighted by Crippen LogP contribution is 2.30. The van der Waals surface area contributed by atoms with Crippen LogP contribution in [-0.4, -0.2) is 95.6 Å². The van der Waals surface area contributed by atoms with E-state index in [-0.39, 0.29) is 0 Å². The fourth-order valence-corrected chi connectivity index (χ4v) is 5.76. The van der Waals surface area contributed by atoms with Crippen molar-refractivity contribution >= 4 is 0 Å². The summed E-state index contributed by atoms with van der Waals surface area (Å²) >= 11 is 0. The summed E-state index contributed by atoms with van der Waals surface area (Å²) < 4.78 is 0. The van der Waals surface area contributed by atoms with E-state index in [1.54, 1.807) is 0 Å². The summed E-state index contributed by atoms with van der Waals surface area (Å²) in [5.41, 5.74) is 0. The number of fused-ring (bicyclic) bond motifs is 6. The molecule has 4 atom stereocenters. The van der Waals surface area contributed by atoms with Gasteiger partial charge in [0.25, 0.3) is 0 Å². The molecule has 0 amide bonds. The molecule has 0 radical (unpaired) electrons. The van der Waals surface area contributed by atoms with Gasteiger partial charge in [-0.15, -0.1) is 0 Å². The lowest BCUT2D eigenvalue weighted by Crippen LogP contribution is -2.56. The quantitative estimate of drug-likeness (QED) is 0.782. The van der Waals surface area contributed by atoms with Gasteiger partial charge >= 0.3 is 0 Å². The Balaban J connectivity index is 1.40. The average molecular weight is 321 g/mol. The van der Waals surface area contributed by atoms with E-state index in [0.29, 0.717) is 6.04 Å². The Morgan fingerprint density at radius 1 is 0.783 bits per heavy atom. The highest BCUT2D eigenvalue weighted by Gasteiger charge is 2.41. The van der Waals surface area contributed by atoms with Crippen LogP contribution >= 0.6 is 0 Å². The first-order valence-electron chi connectivity index (χ1n) is 10.1. The van der Waals surface area contributed by atoms with Crippen molar-refractivity contribution in [1.29, 1.82) is 0 Å². The molecule has 0 aromatic heterocycles. The Kier molecular flexibility index (Phi) is 4.70. The number of nitrogens with zero attached hydrogens (tertiary/aromatic N) is 4. The minimum absolute atomic E-state index is 0.708. The third-order valence-corrected chi connectivity index (χ3v) is 7.14. The number of piperidine rings is 1. The molecule has 5 rings (SSSR count). The standard InChI is InChI=1S/C19H36N4/c1-15(2)23-14-19(21-9-6-18(23)13-21)12-16(3)22-11-10-20-7-4-17(22)5-8-20/h15-19H,4-14H2,1-3H3. The van der Waals surface area contributed by atoms with Gasteiger partial charge < -0.3 is 4.90 Å². The number of piperazine rings is 1. The van der Waals surface area contributed by atoms with E-state index >= 15 is 0 Å². The molecule has 132 valence electrons. The van der Waals surface area contributed by atoms with Crippen LogP contribution in [0, 0.1) is 0 Å². The molecule has 4 heteroatoms. The zero-order valence-electron chi connectivity index (χ0n) is 15.5. The fraction of sp³-hybridized carbons (Fsp3) is 1.00. The lowest BCUT2D eigenvalue weighted by Gasteiger charge is -2.45. The van der Waals surface area contributed by atoms with Crippen molar-refractivity contribution < 1.29 is 0 Å². The second-order valence-corrected chi connectivity index (χ2v) is 8.78. The second-order valence-electron chi connectivity index (χ2n) is 8.78. The summed E-state index contributed by atoms with van der Waals surface area (Å²) in [6.07, 6.45) is 5.56. The van der Waals surface area contributed by atoms with Gasteiger partial charge in [0.05, 0.1) is 0 Å². The summed E-state index contributed by atoms with van der Waals surface area (Å²) in [7, 11) is 0. The smallest absolute Gasteiger partial charge is 0.0238 e. The van der Waals surface area contributed by atoms with E-state index in [0.717, 1.165) is 24.2 Å². The number of hydrogen-bond acceptors (Lipinski definition) is 4. The monoisotopic (exact) mass is 320 g/mol. The Morgan fingerprint density at radius 2 is 1.52 bits per heavy atom. The Labute approximate surface area is 142 Å². The van der Waals surface area contributed by atoms with Crippen LogP contribution in [0.1, 0.15) is 46.5 Å². The zero-order chi connectivity index (χ0) is 16.0. The highest BCUT2D eigenvalue weighted by molar-refractivity contribution is 4.97. The Morgan fingerprint density at radius 3 is 2.26 bits per heavy atom. The summed E-state index contributed by atoms with van der Waals surface area (Å²) in [5, 5.41) is 0. The van der Waals surface area contributed by atoms with Crippen molar-refractivity contribution in [3.05, 3.63) is 0 Å². The van der Waals surface area contributed by atoms with Gasteiger partial charge in [0.1, 0.15) is 0 Å². The lowest BCUT2D eigenvalue weighted by atomic mass is 9.98. The predicted molar refractivity (Wildman–Crippen MR) is 95.9 cm³/mol. The molecule has 0 spiro atoms. The van der Waals surface area contributed by atoms with Crippen molar-refractivity contribution in [2.45, 2.75) is 76.7 Å². The summed E-state index contributed by atoms with van der Waals surface area (Å²) in [6, 6.07) is 3.93. The van der Waals surface area contributed by atoms with Gasteiger partial charge in [0.2, 0.25) is 0 Å². The molecule has 4 nitrogen and oxygen atoms in total. The van der Waals surface area contributed by atoms with Crippen LogP contribution in [0.4, 0.5) is 0 Å². The van der Waals surface area contributed by atoms with Crippen molar-refractivity contribution in [2.75, 3.05) is 45.8 Å². The molecule has 23 heavy (non-hydrogen) atoms. The van der Waals surface area contributed by atoms with Crippen LogP contribution in [0.15, 0.2) is 0 Å². The molecule has 4 unspecified atom stereocenters. The molecule has 5 heterocycles. The normalized spacial score (nSPS) is 43.0. The van der Waals surface area contributed by atoms with Gasteiger partial charge in [0, 0.05) is 62.9 Å². The Hall–Kier alpha value is -0.160. The molecular weight excluding hydrogens is 284 g/mol. The van der Waals surface area contributed by atoms with Crippen LogP contribution < -0.4 is 0 Å². The summed E-state index contributed by atoms with van der Waals surface area (Å²) in [4.78, 5) is 11.1. The molecule has 0 aromatic rings. The van der Waals surface area contributed by atoms with Crippen LogP contribution in [-0.2, 0) is 0 Å². The minimum atomic E-state index is 0.708. The molecule has 4 bridgehead atoms. The van der Waals surface area contributed by atoms with E-state index in [9.17, 15) is 0 Å². The van der Waals surface area contributed by atoms with Crippen LogP contribution in [0.25, 0.3) is 0 Å². The summed E-state index contributed by atoms with van der Waals surface area (Å²) in [5.74, 6) is 0. The molecule has 5 aliphatic heterocycles.